The van der Waals surface area contributed by atoms with Crippen LogP contribution in [0.25, 0.3) is 0 Å². The van der Waals surface area contributed by atoms with Crippen LogP contribution in [-0.2, 0) is 0 Å². The molecule has 1 unspecified atom stereocenters. The smallest absolute Gasteiger partial charge is 0.176 e. The number of Topliss-reactive ketones (excluding diaryl/α,β-unsaturated/α-hetero) is 1. The van der Waals surface area contributed by atoms with Gasteiger partial charge in [-0.25, -0.2) is 0 Å². The Kier molecular flexibility index (Phi) is 5.46. The first-order valence-corrected chi connectivity index (χ1v) is 8.33. The van der Waals surface area contributed by atoms with Crippen molar-refractivity contribution in [3.8, 4) is 0 Å². The summed E-state index contributed by atoms with van der Waals surface area (Å²) in [4.78, 5) is 14.6. The highest BCUT2D eigenvalue weighted by molar-refractivity contribution is 7.99. The number of carbonyl (C=O) groups is 1. The van der Waals surface area contributed by atoms with E-state index in [2.05, 4.69) is 11.2 Å². The Morgan fingerprint density at radius 3 is 2.68 bits per heavy atom. The number of rotatable bonds is 4. The van der Waals surface area contributed by atoms with Gasteiger partial charge in [0.25, 0.3) is 0 Å². The third-order valence-electron chi connectivity index (χ3n) is 3.84. The van der Waals surface area contributed by atoms with Crippen molar-refractivity contribution in [1.29, 1.82) is 0 Å². The molecule has 19 heavy (non-hydrogen) atoms. The molecule has 0 aromatic heterocycles. The average Bonchev–Trinajstić information content (AvgIpc) is 2.64. The summed E-state index contributed by atoms with van der Waals surface area (Å²) in [6.07, 6.45) is 5.91. The molecule has 0 radical (unpaired) electrons. The van der Waals surface area contributed by atoms with E-state index in [9.17, 15) is 4.79 Å². The molecule has 1 heterocycles. The van der Waals surface area contributed by atoms with Crippen LogP contribution in [0.4, 0.5) is 0 Å². The summed E-state index contributed by atoms with van der Waals surface area (Å²) in [5.41, 5.74) is 2.05. The average molecular weight is 277 g/mol. The maximum absolute atomic E-state index is 12.2. The van der Waals surface area contributed by atoms with Gasteiger partial charge in [0.15, 0.2) is 5.78 Å². The number of hydrogen-bond acceptors (Lipinski definition) is 3. The van der Waals surface area contributed by atoms with Gasteiger partial charge in [0.2, 0.25) is 0 Å². The lowest BCUT2D eigenvalue weighted by atomic mass is 10.1. The summed E-state index contributed by atoms with van der Waals surface area (Å²) in [5.74, 6) is 0.252. The van der Waals surface area contributed by atoms with E-state index in [4.69, 9.17) is 0 Å². The van der Waals surface area contributed by atoms with Crippen molar-refractivity contribution < 1.29 is 4.79 Å². The van der Waals surface area contributed by atoms with Crippen LogP contribution in [0.1, 0.15) is 35.2 Å². The van der Waals surface area contributed by atoms with Crippen LogP contribution < -0.4 is 0 Å². The maximum Gasteiger partial charge on any atom is 0.176 e. The lowest BCUT2D eigenvalue weighted by Crippen LogP contribution is -2.31. The first-order valence-electron chi connectivity index (χ1n) is 7.04. The van der Waals surface area contributed by atoms with E-state index in [-0.39, 0.29) is 5.78 Å². The SMILES string of the molecule is CSC1CCCN(CC(=O)c2ccc(C)cc2)CC1. The van der Waals surface area contributed by atoms with E-state index in [1.165, 1.54) is 24.8 Å². The lowest BCUT2D eigenvalue weighted by Gasteiger charge is -2.19. The van der Waals surface area contributed by atoms with E-state index < -0.39 is 0 Å². The normalized spacial score (nSPS) is 21.1. The first-order chi connectivity index (χ1) is 9.19. The van der Waals surface area contributed by atoms with Crippen LogP contribution in [0.5, 0.6) is 0 Å². The van der Waals surface area contributed by atoms with E-state index >= 15 is 0 Å². The van der Waals surface area contributed by atoms with Gasteiger partial charge in [0, 0.05) is 10.8 Å². The first kappa shape index (κ1) is 14.6. The lowest BCUT2D eigenvalue weighted by molar-refractivity contribution is 0.0933. The van der Waals surface area contributed by atoms with Gasteiger partial charge in [-0.05, 0) is 45.5 Å². The molecule has 1 aromatic rings. The molecule has 1 aliphatic rings. The second-order valence-corrected chi connectivity index (χ2v) is 6.49. The predicted octanol–water partition coefficient (Wildman–Crippen LogP) is 3.40. The monoisotopic (exact) mass is 277 g/mol. The van der Waals surface area contributed by atoms with Crippen molar-refractivity contribution in [3.05, 3.63) is 35.4 Å². The van der Waals surface area contributed by atoms with Crippen LogP contribution in [0.3, 0.4) is 0 Å². The molecular weight excluding hydrogens is 254 g/mol. The molecule has 1 aromatic carbocycles. The van der Waals surface area contributed by atoms with Crippen molar-refractivity contribution in [2.45, 2.75) is 31.4 Å². The van der Waals surface area contributed by atoms with Gasteiger partial charge in [-0.1, -0.05) is 29.8 Å². The molecule has 1 aliphatic heterocycles. The fraction of sp³-hybridized carbons (Fsp3) is 0.562. The molecule has 0 saturated carbocycles. The van der Waals surface area contributed by atoms with E-state index in [1.807, 2.05) is 43.0 Å². The van der Waals surface area contributed by atoms with Crippen molar-refractivity contribution >= 4 is 17.5 Å². The number of aryl methyl sites for hydroxylation is 1. The van der Waals surface area contributed by atoms with Gasteiger partial charge >= 0.3 is 0 Å². The Balaban J connectivity index is 1.90. The molecule has 0 N–H and O–H groups in total. The second kappa shape index (κ2) is 7.11. The Hall–Kier alpha value is -0.800. The summed E-state index contributed by atoms with van der Waals surface area (Å²) in [6.45, 7) is 4.74. The molecule has 0 spiro atoms. The van der Waals surface area contributed by atoms with Crippen LogP contribution in [0.2, 0.25) is 0 Å². The van der Waals surface area contributed by atoms with Gasteiger partial charge in [-0.2, -0.15) is 11.8 Å². The van der Waals surface area contributed by atoms with Gasteiger partial charge in [0.05, 0.1) is 6.54 Å². The largest absolute Gasteiger partial charge is 0.296 e. The molecule has 3 heteroatoms. The van der Waals surface area contributed by atoms with Gasteiger partial charge in [-0.3, -0.25) is 9.69 Å². The van der Waals surface area contributed by atoms with Crippen LogP contribution in [-0.4, -0.2) is 41.8 Å². The predicted molar refractivity (Wildman–Crippen MR) is 83.1 cm³/mol. The highest BCUT2D eigenvalue weighted by Crippen LogP contribution is 2.21. The minimum absolute atomic E-state index is 0.252. The quantitative estimate of drug-likeness (QED) is 0.787. The summed E-state index contributed by atoms with van der Waals surface area (Å²) in [5, 5.41) is 0.777. The van der Waals surface area contributed by atoms with Crippen molar-refractivity contribution in [2.24, 2.45) is 0 Å². The molecule has 0 amide bonds. The zero-order valence-electron chi connectivity index (χ0n) is 11.9. The Morgan fingerprint density at radius 1 is 1.26 bits per heavy atom. The minimum Gasteiger partial charge on any atom is -0.296 e. The number of thioether (sulfide) groups is 1. The van der Waals surface area contributed by atoms with Gasteiger partial charge in [0.1, 0.15) is 0 Å². The summed E-state index contributed by atoms with van der Waals surface area (Å²) in [6, 6.07) is 7.92. The zero-order valence-corrected chi connectivity index (χ0v) is 12.7. The van der Waals surface area contributed by atoms with Crippen LogP contribution in [0, 0.1) is 6.92 Å². The van der Waals surface area contributed by atoms with Gasteiger partial charge < -0.3 is 0 Å². The highest BCUT2D eigenvalue weighted by Gasteiger charge is 2.18. The highest BCUT2D eigenvalue weighted by atomic mass is 32.2. The Bertz CT molecular complexity index is 415. The number of likely N-dealkylation sites (tertiary alicyclic amines) is 1. The molecule has 2 nitrogen and oxygen atoms in total. The topological polar surface area (TPSA) is 20.3 Å². The van der Waals surface area contributed by atoms with Gasteiger partial charge in [-0.15, -0.1) is 0 Å². The molecule has 0 bridgehead atoms. The maximum atomic E-state index is 12.2. The van der Waals surface area contributed by atoms with Crippen LogP contribution >= 0.6 is 11.8 Å². The number of benzene rings is 1. The number of nitrogens with zero attached hydrogens (tertiary/aromatic N) is 1. The number of carbonyl (C=O) groups excluding carboxylic acids is 1. The fourth-order valence-electron chi connectivity index (χ4n) is 2.55. The Morgan fingerprint density at radius 2 is 2.00 bits per heavy atom. The zero-order chi connectivity index (χ0) is 13.7. The van der Waals surface area contributed by atoms with E-state index in [0.29, 0.717) is 6.54 Å². The molecule has 2 rings (SSSR count). The molecule has 1 fully saturated rings. The summed E-state index contributed by atoms with van der Waals surface area (Å²) in [7, 11) is 0. The third kappa shape index (κ3) is 4.36. The van der Waals surface area contributed by atoms with Crippen molar-refractivity contribution in [2.75, 3.05) is 25.9 Å². The van der Waals surface area contributed by atoms with E-state index in [0.717, 1.165) is 23.9 Å². The number of ketones is 1. The standard InChI is InChI=1S/C16H23NOS/c1-13-5-7-14(8-6-13)16(18)12-17-10-3-4-15(19-2)9-11-17/h5-8,15H,3-4,9-12H2,1-2H3. The third-order valence-corrected chi connectivity index (χ3v) is 4.98. The van der Waals surface area contributed by atoms with Crippen LogP contribution in [0.15, 0.2) is 24.3 Å². The van der Waals surface area contributed by atoms with E-state index in [1.54, 1.807) is 0 Å². The molecule has 1 saturated heterocycles. The Labute approximate surface area is 120 Å². The molecular formula is C16H23NOS. The molecule has 104 valence electrons. The summed E-state index contributed by atoms with van der Waals surface area (Å²) >= 11 is 1.97. The fourth-order valence-corrected chi connectivity index (χ4v) is 3.30. The second-order valence-electron chi connectivity index (χ2n) is 5.35. The van der Waals surface area contributed by atoms with Crippen molar-refractivity contribution in [3.63, 3.8) is 0 Å². The van der Waals surface area contributed by atoms with Crippen molar-refractivity contribution in [1.82, 2.24) is 4.90 Å². The molecule has 0 aliphatic carbocycles. The minimum atomic E-state index is 0.252. The summed E-state index contributed by atoms with van der Waals surface area (Å²) < 4.78 is 0. The number of hydrogen-bond donors (Lipinski definition) is 0. The molecule has 1 atom stereocenters.